The Bertz CT molecular complexity index is 1120. The summed E-state index contributed by atoms with van der Waals surface area (Å²) in [5.41, 5.74) is 1.76. The molecular weight excluding hydrogens is 410 g/mol. The number of pyridine rings is 1. The van der Waals surface area contributed by atoms with E-state index in [4.69, 9.17) is 11.6 Å². The van der Waals surface area contributed by atoms with Gasteiger partial charge in [0.15, 0.2) is 0 Å². The third kappa shape index (κ3) is 5.91. The van der Waals surface area contributed by atoms with Crippen molar-refractivity contribution in [3.63, 3.8) is 0 Å². The van der Waals surface area contributed by atoms with Crippen molar-refractivity contribution in [2.24, 2.45) is 0 Å². The van der Waals surface area contributed by atoms with Gasteiger partial charge in [0.05, 0.1) is 27.8 Å². The van der Waals surface area contributed by atoms with E-state index in [-0.39, 0.29) is 10.8 Å². The van der Waals surface area contributed by atoms with Crippen molar-refractivity contribution in [3.8, 4) is 0 Å². The van der Waals surface area contributed by atoms with Crippen LogP contribution in [-0.2, 0) is 21.4 Å². The maximum Gasteiger partial charge on any atom is 0.261 e. The minimum Gasteiger partial charge on any atom is -0.347 e. The van der Waals surface area contributed by atoms with Crippen LogP contribution in [0.1, 0.15) is 11.3 Å². The van der Waals surface area contributed by atoms with Crippen molar-refractivity contribution in [3.05, 3.63) is 95.3 Å². The fourth-order valence-electron chi connectivity index (χ4n) is 2.42. The lowest BCUT2D eigenvalue weighted by Gasteiger charge is -2.09. The summed E-state index contributed by atoms with van der Waals surface area (Å²) in [4.78, 5) is 16.1. The van der Waals surface area contributed by atoms with E-state index in [0.29, 0.717) is 22.8 Å². The standard InChI is InChI=1S/C21H18ClN3O3S/c22-19-6-1-2-7-20(19)25-29(27,28)18-11-8-16(9-12-18)10-13-21(26)24-15-17-5-3-4-14-23-17/h1-14,25H,15H2,(H,24,26)/b13-10+. The third-order valence-electron chi connectivity index (χ3n) is 3.91. The smallest absolute Gasteiger partial charge is 0.261 e. The molecule has 6 nitrogen and oxygen atoms in total. The molecule has 0 unspecified atom stereocenters. The molecule has 1 aromatic heterocycles. The van der Waals surface area contributed by atoms with Gasteiger partial charge in [-0.3, -0.25) is 14.5 Å². The summed E-state index contributed by atoms with van der Waals surface area (Å²) in [6.07, 6.45) is 4.65. The van der Waals surface area contributed by atoms with Crippen LogP contribution < -0.4 is 10.0 Å². The molecule has 1 amide bonds. The molecule has 1 heterocycles. The highest BCUT2D eigenvalue weighted by molar-refractivity contribution is 7.92. The van der Waals surface area contributed by atoms with Crippen molar-refractivity contribution in [2.45, 2.75) is 11.4 Å². The zero-order valence-electron chi connectivity index (χ0n) is 15.2. The van der Waals surface area contributed by atoms with Gasteiger partial charge in [-0.2, -0.15) is 0 Å². The van der Waals surface area contributed by atoms with Crippen LogP contribution in [0.3, 0.4) is 0 Å². The Morgan fingerprint density at radius 3 is 2.41 bits per heavy atom. The number of benzene rings is 2. The number of amides is 1. The van der Waals surface area contributed by atoms with Gasteiger partial charge in [0.1, 0.15) is 0 Å². The van der Waals surface area contributed by atoms with Crippen molar-refractivity contribution in [1.82, 2.24) is 10.3 Å². The normalized spacial score (nSPS) is 11.3. The van der Waals surface area contributed by atoms with E-state index in [1.807, 2.05) is 12.1 Å². The van der Waals surface area contributed by atoms with Gasteiger partial charge in [0.2, 0.25) is 5.91 Å². The summed E-state index contributed by atoms with van der Waals surface area (Å²) in [5.74, 6) is -0.271. The lowest BCUT2D eigenvalue weighted by Crippen LogP contribution is -2.20. The fourth-order valence-corrected chi connectivity index (χ4v) is 3.74. The molecule has 148 valence electrons. The first-order valence-corrected chi connectivity index (χ1v) is 10.5. The molecule has 2 N–H and O–H groups in total. The first kappa shape index (κ1) is 20.6. The molecule has 0 bridgehead atoms. The maximum absolute atomic E-state index is 12.5. The highest BCUT2D eigenvalue weighted by Gasteiger charge is 2.15. The zero-order valence-corrected chi connectivity index (χ0v) is 16.8. The number of carbonyl (C=O) groups excluding carboxylic acids is 1. The average Bonchev–Trinajstić information content (AvgIpc) is 2.73. The Morgan fingerprint density at radius 1 is 1.00 bits per heavy atom. The van der Waals surface area contributed by atoms with Gasteiger partial charge < -0.3 is 5.32 Å². The second-order valence-electron chi connectivity index (χ2n) is 6.03. The highest BCUT2D eigenvalue weighted by atomic mass is 35.5. The lowest BCUT2D eigenvalue weighted by atomic mass is 10.2. The Labute approximate surface area is 174 Å². The summed E-state index contributed by atoms with van der Waals surface area (Å²) >= 11 is 6.00. The van der Waals surface area contributed by atoms with Crippen LogP contribution in [0.4, 0.5) is 5.69 Å². The van der Waals surface area contributed by atoms with Crippen LogP contribution in [0.25, 0.3) is 6.08 Å². The average molecular weight is 428 g/mol. The molecule has 2 aromatic carbocycles. The molecule has 0 atom stereocenters. The molecule has 3 rings (SSSR count). The number of sulfonamides is 1. The van der Waals surface area contributed by atoms with Crippen molar-refractivity contribution in [2.75, 3.05) is 4.72 Å². The molecule has 0 spiro atoms. The second-order valence-corrected chi connectivity index (χ2v) is 8.12. The van der Waals surface area contributed by atoms with E-state index in [1.165, 1.54) is 18.2 Å². The monoisotopic (exact) mass is 427 g/mol. The highest BCUT2D eigenvalue weighted by Crippen LogP contribution is 2.24. The van der Waals surface area contributed by atoms with E-state index < -0.39 is 10.0 Å². The molecule has 0 aliphatic heterocycles. The molecule has 29 heavy (non-hydrogen) atoms. The number of nitrogens with zero attached hydrogens (tertiary/aromatic N) is 1. The number of halogens is 1. The van der Waals surface area contributed by atoms with Crippen molar-refractivity contribution in [1.29, 1.82) is 0 Å². The minimum absolute atomic E-state index is 0.0918. The number of hydrogen-bond donors (Lipinski definition) is 2. The Hall–Kier alpha value is -3.16. The van der Waals surface area contributed by atoms with E-state index in [9.17, 15) is 13.2 Å². The topological polar surface area (TPSA) is 88.2 Å². The minimum atomic E-state index is -3.77. The lowest BCUT2D eigenvalue weighted by molar-refractivity contribution is -0.116. The van der Waals surface area contributed by atoms with E-state index in [0.717, 1.165) is 5.69 Å². The van der Waals surface area contributed by atoms with Gasteiger partial charge in [-0.1, -0.05) is 41.9 Å². The van der Waals surface area contributed by atoms with Crippen LogP contribution in [0.5, 0.6) is 0 Å². The first-order valence-electron chi connectivity index (χ1n) is 8.67. The summed E-state index contributed by atoms with van der Waals surface area (Å²) < 4.78 is 27.4. The number of para-hydroxylation sites is 1. The van der Waals surface area contributed by atoms with Crippen LogP contribution >= 0.6 is 11.6 Å². The Kier molecular flexibility index (Phi) is 6.64. The number of aromatic nitrogens is 1. The predicted molar refractivity (Wildman–Crippen MR) is 114 cm³/mol. The molecule has 0 radical (unpaired) electrons. The van der Waals surface area contributed by atoms with Gasteiger partial charge >= 0.3 is 0 Å². The fraction of sp³-hybridized carbons (Fsp3) is 0.0476. The van der Waals surface area contributed by atoms with E-state index in [2.05, 4.69) is 15.0 Å². The maximum atomic E-state index is 12.5. The van der Waals surface area contributed by atoms with Crippen LogP contribution in [-0.4, -0.2) is 19.3 Å². The quantitative estimate of drug-likeness (QED) is 0.560. The van der Waals surface area contributed by atoms with Crippen molar-refractivity contribution < 1.29 is 13.2 Å². The summed E-state index contributed by atoms with van der Waals surface area (Å²) in [6, 6.07) is 18.2. The SMILES string of the molecule is O=C(/C=C/c1ccc(S(=O)(=O)Nc2ccccc2Cl)cc1)NCc1ccccn1. The van der Waals surface area contributed by atoms with Crippen LogP contribution in [0, 0.1) is 0 Å². The number of rotatable bonds is 7. The van der Waals surface area contributed by atoms with E-state index in [1.54, 1.807) is 54.7 Å². The van der Waals surface area contributed by atoms with Crippen LogP contribution in [0.15, 0.2) is 83.9 Å². The second kappa shape index (κ2) is 9.36. The molecule has 8 heteroatoms. The number of nitrogens with one attached hydrogen (secondary N) is 2. The van der Waals surface area contributed by atoms with E-state index >= 15 is 0 Å². The first-order chi connectivity index (χ1) is 13.9. The number of hydrogen-bond acceptors (Lipinski definition) is 4. The molecule has 0 fully saturated rings. The molecule has 3 aromatic rings. The molecule has 0 saturated carbocycles. The molecule has 0 saturated heterocycles. The van der Waals surface area contributed by atoms with Crippen LogP contribution in [0.2, 0.25) is 5.02 Å². The van der Waals surface area contributed by atoms with Gasteiger partial charge in [-0.05, 0) is 48.0 Å². The Morgan fingerprint density at radius 2 is 1.72 bits per heavy atom. The molecular formula is C21H18ClN3O3S. The predicted octanol–water partition coefficient (Wildman–Crippen LogP) is 3.87. The molecule has 0 aliphatic rings. The van der Waals surface area contributed by atoms with Gasteiger partial charge in [-0.15, -0.1) is 0 Å². The van der Waals surface area contributed by atoms with Gasteiger partial charge in [-0.25, -0.2) is 8.42 Å². The summed E-state index contributed by atoms with van der Waals surface area (Å²) in [5, 5.41) is 3.04. The number of carbonyl (C=O) groups is 1. The Balaban J connectivity index is 1.61. The number of anilines is 1. The van der Waals surface area contributed by atoms with Crippen molar-refractivity contribution >= 4 is 39.3 Å². The molecule has 0 aliphatic carbocycles. The summed E-state index contributed by atoms with van der Waals surface area (Å²) in [7, 11) is -3.77. The largest absolute Gasteiger partial charge is 0.347 e. The summed E-state index contributed by atoms with van der Waals surface area (Å²) in [6.45, 7) is 0.328. The van der Waals surface area contributed by atoms with Gasteiger partial charge in [0, 0.05) is 12.3 Å². The van der Waals surface area contributed by atoms with Gasteiger partial charge in [0.25, 0.3) is 10.0 Å². The third-order valence-corrected chi connectivity index (χ3v) is 5.62. The zero-order chi connectivity index (χ0) is 20.7.